The van der Waals surface area contributed by atoms with E-state index in [1.807, 2.05) is 20.0 Å². The fraction of sp³-hybridized carbons (Fsp3) is 0.636. The molecule has 4 nitrogen and oxygen atoms in total. The number of ether oxygens (including phenoxy) is 1. The van der Waals surface area contributed by atoms with Gasteiger partial charge in [0.05, 0.1) is 17.6 Å². The second-order valence-electron chi connectivity index (χ2n) is 3.95. The summed E-state index contributed by atoms with van der Waals surface area (Å²) in [4.78, 5) is 8.53. The predicted molar refractivity (Wildman–Crippen MR) is 59.0 cm³/mol. The summed E-state index contributed by atoms with van der Waals surface area (Å²) in [7, 11) is 0. The first-order valence-electron chi connectivity index (χ1n) is 5.40. The van der Waals surface area contributed by atoms with Crippen molar-refractivity contribution in [2.45, 2.75) is 32.7 Å². The van der Waals surface area contributed by atoms with Gasteiger partial charge in [0.2, 0.25) is 0 Å². The van der Waals surface area contributed by atoms with Gasteiger partial charge in [-0.2, -0.15) is 0 Å². The minimum atomic E-state index is 0.503. The Morgan fingerprint density at radius 2 is 2.07 bits per heavy atom. The molecule has 0 amide bonds. The molecule has 4 heteroatoms. The molecule has 0 spiro atoms. The van der Waals surface area contributed by atoms with Crippen molar-refractivity contribution >= 4 is 5.69 Å². The topological polar surface area (TPSA) is 47.0 Å². The van der Waals surface area contributed by atoms with E-state index in [0.29, 0.717) is 6.04 Å². The number of aromatic nitrogens is 2. The number of aryl methyl sites for hydroxylation is 2. The molecule has 1 aromatic heterocycles. The van der Waals surface area contributed by atoms with Crippen LogP contribution in [0.25, 0.3) is 0 Å². The molecule has 0 aromatic carbocycles. The van der Waals surface area contributed by atoms with Gasteiger partial charge < -0.3 is 10.1 Å². The average molecular weight is 207 g/mol. The summed E-state index contributed by atoms with van der Waals surface area (Å²) in [6, 6.07) is 0.503. The molecule has 0 saturated carbocycles. The summed E-state index contributed by atoms with van der Waals surface area (Å²) in [6.45, 7) is 5.62. The van der Waals surface area contributed by atoms with Crippen LogP contribution in [0, 0.1) is 13.8 Å². The number of rotatable bonds is 2. The smallest absolute Gasteiger partial charge is 0.125 e. The molecule has 1 aliphatic heterocycles. The standard InChI is InChI=1S/C11H17N3O/c1-8-11(7-12-9(2)13-8)14-10-3-5-15-6-4-10/h7,10,14H,3-6H2,1-2H3. The van der Waals surface area contributed by atoms with Crippen molar-refractivity contribution in [1.82, 2.24) is 9.97 Å². The molecule has 0 unspecified atom stereocenters. The molecule has 0 bridgehead atoms. The number of nitrogens with zero attached hydrogens (tertiary/aromatic N) is 2. The van der Waals surface area contributed by atoms with E-state index in [0.717, 1.165) is 43.3 Å². The van der Waals surface area contributed by atoms with Crippen LogP contribution in [0.1, 0.15) is 24.4 Å². The first-order valence-corrected chi connectivity index (χ1v) is 5.40. The fourth-order valence-corrected chi connectivity index (χ4v) is 1.79. The molecule has 1 saturated heterocycles. The summed E-state index contributed by atoms with van der Waals surface area (Å²) >= 11 is 0. The highest BCUT2D eigenvalue weighted by molar-refractivity contribution is 5.46. The van der Waals surface area contributed by atoms with Crippen molar-refractivity contribution in [2.24, 2.45) is 0 Å². The zero-order valence-electron chi connectivity index (χ0n) is 9.29. The minimum Gasteiger partial charge on any atom is -0.381 e. The normalized spacial score (nSPS) is 17.7. The highest BCUT2D eigenvalue weighted by Gasteiger charge is 2.14. The van der Waals surface area contributed by atoms with Gasteiger partial charge in [-0.05, 0) is 26.7 Å². The minimum absolute atomic E-state index is 0.503. The van der Waals surface area contributed by atoms with Gasteiger partial charge in [-0.15, -0.1) is 0 Å². The average Bonchev–Trinajstić information content (AvgIpc) is 2.24. The maximum Gasteiger partial charge on any atom is 0.125 e. The summed E-state index contributed by atoms with van der Waals surface area (Å²) in [5, 5.41) is 3.47. The quantitative estimate of drug-likeness (QED) is 0.801. The third-order valence-corrected chi connectivity index (χ3v) is 2.68. The van der Waals surface area contributed by atoms with Crippen LogP contribution in [-0.4, -0.2) is 29.2 Å². The van der Waals surface area contributed by atoms with Gasteiger partial charge in [-0.25, -0.2) is 9.97 Å². The van der Waals surface area contributed by atoms with Crippen molar-refractivity contribution in [3.05, 3.63) is 17.7 Å². The van der Waals surface area contributed by atoms with E-state index in [-0.39, 0.29) is 0 Å². The Kier molecular flexibility index (Phi) is 3.16. The van der Waals surface area contributed by atoms with Crippen molar-refractivity contribution < 1.29 is 4.74 Å². The second-order valence-corrected chi connectivity index (χ2v) is 3.95. The Morgan fingerprint density at radius 3 is 2.73 bits per heavy atom. The first-order chi connectivity index (χ1) is 7.25. The van der Waals surface area contributed by atoms with E-state index in [1.54, 1.807) is 0 Å². The van der Waals surface area contributed by atoms with Gasteiger partial charge in [-0.1, -0.05) is 0 Å². The van der Waals surface area contributed by atoms with E-state index in [2.05, 4.69) is 15.3 Å². The molecule has 15 heavy (non-hydrogen) atoms. The van der Waals surface area contributed by atoms with Crippen LogP contribution in [0.15, 0.2) is 6.20 Å². The SMILES string of the molecule is Cc1ncc(NC2CCOCC2)c(C)n1. The Hall–Kier alpha value is -1.16. The monoisotopic (exact) mass is 207 g/mol. The number of hydrogen-bond acceptors (Lipinski definition) is 4. The summed E-state index contributed by atoms with van der Waals surface area (Å²) < 4.78 is 5.32. The van der Waals surface area contributed by atoms with E-state index >= 15 is 0 Å². The third kappa shape index (κ3) is 2.65. The third-order valence-electron chi connectivity index (χ3n) is 2.68. The highest BCUT2D eigenvalue weighted by atomic mass is 16.5. The zero-order chi connectivity index (χ0) is 10.7. The van der Waals surface area contributed by atoms with Crippen molar-refractivity contribution in [1.29, 1.82) is 0 Å². The Labute approximate surface area is 90.1 Å². The molecular weight excluding hydrogens is 190 g/mol. The van der Waals surface area contributed by atoms with Crippen LogP contribution in [-0.2, 0) is 4.74 Å². The molecule has 0 atom stereocenters. The van der Waals surface area contributed by atoms with Gasteiger partial charge in [0.15, 0.2) is 0 Å². The Morgan fingerprint density at radius 1 is 1.33 bits per heavy atom. The zero-order valence-corrected chi connectivity index (χ0v) is 9.29. The number of hydrogen-bond donors (Lipinski definition) is 1. The van der Waals surface area contributed by atoms with E-state index in [4.69, 9.17) is 4.74 Å². The van der Waals surface area contributed by atoms with Crippen LogP contribution in [0.4, 0.5) is 5.69 Å². The highest BCUT2D eigenvalue weighted by Crippen LogP contribution is 2.16. The predicted octanol–water partition coefficient (Wildman–Crippen LogP) is 1.68. The molecule has 1 N–H and O–H groups in total. The van der Waals surface area contributed by atoms with E-state index < -0.39 is 0 Å². The molecule has 0 aliphatic carbocycles. The maximum absolute atomic E-state index is 5.32. The summed E-state index contributed by atoms with van der Waals surface area (Å²) in [5.74, 6) is 0.824. The van der Waals surface area contributed by atoms with Crippen LogP contribution in [0.3, 0.4) is 0 Å². The van der Waals surface area contributed by atoms with E-state index in [9.17, 15) is 0 Å². The fourth-order valence-electron chi connectivity index (χ4n) is 1.79. The number of nitrogens with one attached hydrogen (secondary N) is 1. The largest absolute Gasteiger partial charge is 0.381 e. The van der Waals surface area contributed by atoms with Crippen LogP contribution in [0.2, 0.25) is 0 Å². The van der Waals surface area contributed by atoms with Gasteiger partial charge in [-0.3, -0.25) is 0 Å². The summed E-state index contributed by atoms with van der Waals surface area (Å²) in [6.07, 6.45) is 3.99. The lowest BCUT2D eigenvalue weighted by atomic mass is 10.1. The van der Waals surface area contributed by atoms with Gasteiger partial charge in [0, 0.05) is 19.3 Å². The van der Waals surface area contributed by atoms with Crippen LogP contribution < -0.4 is 5.32 Å². The molecule has 1 aromatic rings. The molecule has 82 valence electrons. The lowest BCUT2D eigenvalue weighted by Gasteiger charge is -2.24. The number of anilines is 1. The molecular formula is C11H17N3O. The van der Waals surface area contributed by atoms with Gasteiger partial charge in [0.1, 0.15) is 5.82 Å². The lowest BCUT2D eigenvalue weighted by molar-refractivity contribution is 0.0904. The lowest BCUT2D eigenvalue weighted by Crippen LogP contribution is -2.28. The Balaban J connectivity index is 2.03. The van der Waals surface area contributed by atoms with Crippen molar-refractivity contribution in [3.8, 4) is 0 Å². The molecule has 2 heterocycles. The molecule has 1 fully saturated rings. The molecule has 2 rings (SSSR count). The second kappa shape index (κ2) is 4.57. The first kappa shape index (κ1) is 10.4. The van der Waals surface area contributed by atoms with Crippen molar-refractivity contribution in [3.63, 3.8) is 0 Å². The summed E-state index contributed by atoms with van der Waals surface area (Å²) in [5.41, 5.74) is 2.07. The van der Waals surface area contributed by atoms with Crippen LogP contribution in [0.5, 0.6) is 0 Å². The van der Waals surface area contributed by atoms with E-state index in [1.165, 1.54) is 0 Å². The van der Waals surface area contributed by atoms with Crippen LogP contribution >= 0.6 is 0 Å². The van der Waals surface area contributed by atoms with Gasteiger partial charge >= 0.3 is 0 Å². The Bertz CT molecular complexity index is 335. The van der Waals surface area contributed by atoms with Gasteiger partial charge in [0.25, 0.3) is 0 Å². The van der Waals surface area contributed by atoms with Crippen molar-refractivity contribution in [2.75, 3.05) is 18.5 Å². The maximum atomic E-state index is 5.32. The molecule has 1 aliphatic rings. The molecule has 0 radical (unpaired) electrons.